The molecule has 0 saturated carbocycles. The highest BCUT2D eigenvalue weighted by Gasteiger charge is 2.36. The highest BCUT2D eigenvalue weighted by Crippen LogP contribution is 2.53. The van der Waals surface area contributed by atoms with E-state index in [0.717, 1.165) is 134 Å². The van der Waals surface area contributed by atoms with Crippen molar-refractivity contribution in [2.75, 3.05) is 14.7 Å². The Morgan fingerprint density at radius 1 is 0.303 bits per heavy atom. The van der Waals surface area contributed by atoms with Crippen LogP contribution in [0.25, 0.3) is 126 Å². The molecule has 0 saturated heterocycles. The van der Waals surface area contributed by atoms with Crippen LogP contribution in [0.5, 0.6) is 0 Å². The fourth-order valence-corrected chi connectivity index (χ4v) is 17.5. The van der Waals surface area contributed by atoms with Crippen LogP contribution in [0.2, 0.25) is 0 Å². The fourth-order valence-electron chi connectivity index (χ4n) is 16.4. The van der Waals surface area contributed by atoms with E-state index in [-0.39, 0.29) is 5.41 Å². The van der Waals surface area contributed by atoms with Crippen LogP contribution in [-0.2, 0) is 23.4 Å². The van der Waals surface area contributed by atoms with Crippen molar-refractivity contribution in [3.8, 4) is 44.5 Å². The van der Waals surface area contributed by atoms with E-state index in [1.165, 1.54) is 64.3 Å². The van der Waals surface area contributed by atoms with Gasteiger partial charge in [0.15, 0.2) is 0 Å². The summed E-state index contributed by atoms with van der Waals surface area (Å²) in [7, 11) is 0. The van der Waals surface area contributed by atoms with Gasteiger partial charge in [0.25, 0.3) is 0 Å². The van der Waals surface area contributed by atoms with Gasteiger partial charge in [-0.05, 0) is 245 Å². The summed E-state index contributed by atoms with van der Waals surface area (Å²) < 4.78 is 15.6. The number of furan rings is 1. The molecule has 2 heterocycles. The number of rotatable bonds is 19. The van der Waals surface area contributed by atoms with Gasteiger partial charge in [-0.3, -0.25) is 0 Å². The van der Waals surface area contributed by atoms with Gasteiger partial charge in [-0.2, -0.15) is 0 Å². The summed E-state index contributed by atoms with van der Waals surface area (Å²) in [6, 6.07) is 124. The van der Waals surface area contributed by atoms with Crippen LogP contribution in [0, 0.1) is 0 Å². The molecule has 5 nitrogen and oxygen atoms in total. The first-order valence-corrected chi connectivity index (χ1v) is 38.0. The zero-order chi connectivity index (χ0) is 73.3. The normalized spacial score (nSPS) is 12.2. The Morgan fingerprint density at radius 3 is 1.36 bits per heavy atom. The predicted molar refractivity (Wildman–Crippen MR) is 465 cm³/mol. The lowest BCUT2D eigenvalue weighted by molar-refractivity contribution is 0.107. The van der Waals surface area contributed by atoms with Crippen LogP contribution in [0.15, 0.2) is 364 Å². The van der Waals surface area contributed by atoms with Crippen molar-refractivity contribution in [1.82, 2.24) is 0 Å². The largest absolute Gasteiger partial charge is 0.456 e. The van der Waals surface area contributed by atoms with E-state index in [0.29, 0.717) is 13.2 Å². The minimum Gasteiger partial charge on any atom is -0.456 e. The van der Waals surface area contributed by atoms with Gasteiger partial charge in [0, 0.05) is 87.5 Å². The average Bonchev–Trinajstić information content (AvgIpc) is 1.59. The molecule has 109 heavy (non-hydrogen) atoms. The highest BCUT2D eigenvalue weighted by atomic mass is 32.1. The van der Waals surface area contributed by atoms with Gasteiger partial charge in [-0.25, -0.2) is 0 Å². The molecule has 520 valence electrons. The second-order valence-corrected chi connectivity index (χ2v) is 30.0. The van der Waals surface area contributed by atoms with Crippen molar-refractivity contribution in [2.24, 2.45) is 0 Å². The molecule has 2 aromatic heterocycles. The third-order valence-corrected chi connectivity index (χ3v) is 23.2. The number of anilines is 9. The van der Waals surface area contributed by atoms with Gasteiger partial charge < -0.3 is 23.9 Å². The Kier molecular flexibility index (Phi) is 16.7. The van der Waals surface area contributed by atoms with Crippen LogP contribution >= 0.6 is 11.3 Å². The van der Waals surface area contributed by atoms with E-state index < -0.39 is 0 Å². The first-order valence-electron chi connectivity index (χ1n) is 37.2. The van der Waals surface area contributed by atoms with Gasteiger partial charge in [0.05, 0.1) is 13.2 Å². The van der Waals surface area contributed by atoms with Gasteiger partial charge in [-0.15, -0.1) is 11.3 Å². The Labute approximate surface area is 639 Å². The fraction of sp³-hybridized carbons (Fsp3) is 0.0485. The van der Waals surface area contributed by atoms with Gasteiger partial charge >= 0.3 is 0 Å². The molecule has 6 heteroatoms. The quantitative estimate of drug-likeness (QED) is 0.0806. The minimum atomic E-state index is -0.202. The average molecular weight is 1420 g/mol. The molecule has 19 rings (SSSR count). The lowest BCUT2D eigenvalue weighted by atomic mass is 9.81. The first kappa shape index (κ1) is 66.3. The van der Waals surface area contributed by atoms with E-state index in [9.17, 15) is 0 Å². The third-order valence-electron chi connectivity index (χ3n) is 22.0. The third kappa shape index (κ3) is 12.1. The number of hydrogen-bond acceptors (Lipinski definition) is 6. The Bertz CT molecular complexity index is 6590. The number of para-hydroxylation sites is 2. The molecule has 0 aliphatic heterocycles. The molecule has 0 fully saturated rings. The van der Waals surface area contributed by atoms with E-state index in [4.69, 9.17) is 9.15 Å². The summed E-state index contributed by atoms with van der Waals surface area (Å²) in [6.45, 7) is 17.7. The number of nitrogens with zero attached hydrogens (tertiary/aromatic N) is 3. The molecular weight excluding hydrogens is 1340 g/mol. The predicted octanol–water partition coefficient (Wildman–Crippen LogP) is 29.6. The lowest BCUT2D eigenvalue weighted by Crippen LogP contribution is -2.16. The van der Waals surface area contributed by atoms with E-state index in [1.54, 1.807) is 0 Å². The van der Waals surface area contributed by atoms with Crippen molar-refractivity contribution in [3.63, 3.8) is 0 Å². The van der Waals surface area contributed by atoms with Crippen LogP contribution < -0.4 is 14.7 Å². The zero-order valence-corrected chi connectivity index (χ0v) is 61.5. The standard InChI is InChI=1S/C103H75N3O2S/c1-6-67-27-29-70(30-28-67)65-107-66-71-33-42-80(43-34-71)104(78-21-11-9-12-22-78)85-56-74-19-15-17-25-87(74)93(62-85)76-40-50-91-95-60-82(47-53-99(95)108-100(91)58-76)105(81-44-38-73(39-45-81)72-36-31-68(7-2)32-37-72)83-48-54-101-96(61-83)92-51-41-77(59-102(92)109-101)94-63-86(57-75-20-16-18-26-88(75)94)106(79-23-13-10-14-24-79)84-46-52-90-89-49-35-69(8-3)55-97(89)103(4,5)98(90)64-84/h6-64H,1-3,65-66H2,4-5H3. The van der Waals surface area contributed by atoms with Crippen molar-refractivity contribution in [2.45, 2.75) is 32.5 Å². The van der Waals surface area contributed by atoms with Gasteiger partial charge in [0.1, 0.15) is 11.2 Å². The smallest absolute Gasteiger partial charge is 0.136 e. The van der Waals surface area contributed by atoms with Crippen LogP contribution in [0.3, 0.4) is 0 Å². The van der Waals surface area contributed by atoms with Gasteiger partial charge in [-0.1, -0.05) is 252 Å². The number of benzene rings is 16. The molecule has 0 spiro atoms. The van der Waals surface area contributed by atoms with Crippen LogP contribution in [0.1, 0.15) is 52.8 Å². The Balaban J connectivity index is 0.678. The number of hydrogen-bond donors (Lipinski definition) is 0. The highest BCUT2D eigenvalue weighted by molar-refractivity contribution is 7.25. The monoisotopic (exact) mass is 1420 g/mol. The molecular formula is C103H75N3O2S. The summed E-state index contributed by atoms with van der Waals surface area (Å²) in [5.74, 6) is 0. The van der Waals surface area contributed by atoms with E-state index in [2.05, 4.69) is 388 Å². The molecule has 0 radical (unpaired) electrons. The lowest BCUT2D eigenvalue weighted by Gasteiger charge is -2.29. The van der Waals surface area contributed by atoms with Crippen LogP contribution in [0.4, 0.5) is 51.2 Å². The van der Waals surface area contributed by atoms with Crippen molar-refractivity contribution in [1.29, 1.82) is 0 Å². The second-order valence-electron chi connectivity index (χ2n) is 28.9. The van der Waals surface area contributed by atoms with E-state index in [1.807, 2.05) is 29.6 Å². The molecule has 18 aromatic rings. The summed E-state index contributed by atoms with van der Waals surface area (Å²) in [5.41, 5.74) is 28.6. The summed E-state index contributed by atoms with van der Waals surface area (Å²) in [6.07, 6.45) is 5.69. The summed E-state index contributed by atoms with van der Waals surface area (Å²) in [5, 5.41) is 9.19. The number of fused-ring (bicyclic) bond motifs is 11. The maximum absolute atomic E-state index is 6.95. The Hall–Kier alpha value is -13.4. The molecule has 0 atom stereocenters. The summed E-state index contributed by atoms with van der Waals surface area (Å²) >= 11 is 1.85. The van der Waals surface area contributed by atoms with Crippen molar-refractivity contribution >= 4 is 144 Å². The number of thiophene rings is 1. The van der Waals surface area contributed by atoms with E-state index >= 15 is 0 Å². The molecule has 1 aliphatic carbocycles. The molecule has 16 aromatic carbocycles. The zero-order valence-electron chi connectivity index (χ0n) is 60.7. The molecule has 0 unspecified atom stereocenters. The molecule has 1 aliphatic rings. The maximum Gasteiger partial charge on any atom is 0.136 e. The van der Waals surface area contributed by atoms with Crippen molar-refractivity contribution < 1.29 is 9.15 Å². The molecule has 0 N–H and O–H groups in total. The Morgan fingerprint density at radius 2 is 0.743 bits per heavy atom. The topological polar surface area (TPSA) is 32.1 Å². The van der Waals surface area contributed by atoms with Crippen LogP contribution in [-0.4, -0.2) is 0 Å². The van der Waals surface area contributed by atoms with Gasteiger partial charge in [0.2, 0.25) is 0 Å². The second kappa shape index (κ2) is 27.5. The maximum atomic E-state index is 6.95. The number of ether oxygens (including phenoxy) is 1. The molecule has 0 amide bonds. The SMILES string of the molecule is C=Cc1ccc(COCc2ccc(N(c3ccccc3)c3cc(-c4ccc5c(c4)oc4ccc(N(c6ccc(-c7ccc(C=C)cc7)cc6)c6ccc7sc8cc(-c9cc(N(c%10ccccc%10)c%10ccc%11c(c%10)C(C)(C)c%10cc(C=C)ccc%10-%11)cc%10ccccc9%10)ccc8c7c6)cc45)c4ccccc4c3)cc2)cc1. The minimum absolute atomic E-state index is 0.202. The summed E-state index contributed by atoms with van der Waals surface area (Å²) in [4.78, 5) is 7.17. The van der Waals surface area contributed by atoms with Crippen molar-refractivity contribution in [3.05, 3.63) is 398 Å². The molecule has 0 bridgehead atoms. The first-order chi connectivity index (χ1) is 53.6.